The third-order valence-corrected chi connectivity index (χ3v) is 4.21. The van der Waals surface area contributed by atoms with Crippen LogP contribution in [0.5, 0.6) is 0 Å². The second-order valence-corrected chi connectivity index (χ2v) is 6.17. The first-order chi connectivity index (χ1) is 12.2. The Morgan fingerprint density at radius 3 is 2.92 bits per heavy atom. The van der Waals surface area contributed by atoms with Gasteiger partial charge in [0.05, 0.1) is 6.61 Å². The number of hydrogen-bond donors (Lipinski definition) is 3. The van der Waals surface area contributed by atoms with Crippen LogP contribution >= 0.6 is 11.6 Å². The number of hydrogen-bond acceptors (Lipinski definition) is 2. The van der Waals surface area contributed by atoms with E-state index in [1.54, 1.807) is 7.11 Å². The fourth-order valence-corrected chi connectivity index (χ4v) is 2.93. The van der Waals surface area contributed by atoms with Gasteiger partial charge < -0.3 is 20.8 Å². The number of nitrogens with two attached hydrogens (primary N) is 1. The second kappa shape index (κ2) is 8.05. The molecule has 1 aromatic heterocycles. The molecule has 5 nitrogen and oxygen atoms in total. The Bertz CT molecular complexity index is 888. The van der Waals surface area contributed by atoms with Crippen molar-refractivity contribution in [2.45, 2.75) is 13.0 Å². The maximum Gasteiger partial charge on any atom is 0.193 e. The average Bonchev–Trinajstić information content (AvgIpc) is 2.99. The van der Waals surface area contributed by atoms with Gasteiger partial charge in [0.15, 0.2) is 5.96 Å². The zero-order chi connectivity index (χ0) is 17.6. The molecule has 0 aliphatic heterocycles. The summed E-state index contributed by atoms with van der Waals surface area (Å²) in [5, 5.41) is 4.99. The lowest BCUT2D eigenvalue weighted by atomic mass is 10.1. The lowest BCUT2D eigenvalue weighted by molar-refractivity contribution is 0.185. The highest BCUT2D eigenvalue weighted by Gasteiger charge is 2.05. The SMILES string of the molecule is COCc1ccccc1NC(N)=NCCc1c[nH]c2ccc(Cl)cc12. The maximum absolute atomic E-state index is 6.08. The molecule has 0 saturated heterocycles. The van der Waals surface area contributed by atoms with Crippen molar-refractivity contribution >= 4 is 34.2 Å². The minimum Gasteiger partial charge on any atom is -0.380 e. The number of rotatable bonds is 6. The number of aromatic amines is 1. The quantitative estimate of drug-likeness (QED) is 0.462. The maximum atomic E-state index is 6.08. The Morgan fingerprint density at radius 2 is 2.08 bits per heavy atom. The number of halogens is 1. The Labute approximate surface area is 151 Å². The molecular formula is C19H21ClN4O. The highest BCUT2D eigenvalue weighted by Crippen LogP contribution is 2.22. The van der Waals surface area contributed by atoms with E-state index in [9.17, 15) is 0 Å². The lowest BCUT2D eigenvalue weighted by Gasteiger charge is -2.10. The number of aromatic nitrogens is 1. The Morgan fingerprint density at radius 1 is 1.24 bits per heavy atom. The molecule has 25 heavy (non-hydrogen) atoms. The number of H-pyrrole nitrogens is 1. The van der Waals surface area contributed by atoms with E-state index >= 15 is 0 Å². The monoisotopic (exact) mass is 356 g/mol. The summed E-state index contributed by atoms with van der Waals surface area (Å²) in [4.78, 5) is 7.67. The summed E-state index contributed by atoms with van der Waals surface area (Å²) in [6.07, 6.45) is 2.77. The van der Waals surface area contributed by atoms with Crippen LogP contribution in [0.25, 0.3) is 10.9 Å². The van der Waals surface area contributed by atoms with Crippen molar-refractivity contribution in [3.05, 3.63) is 64.8 Å². The number of nitrogens with zero attached hydrogens (tertiary/aromatic N) is 1. The van der Waals surface area contributed by atoms with Gasteiger partial charge in [0, 0.05) is 47.0 Å². The molecule has 3 rings (SSSR count). The standard InChI is InChI=1S/C19H21ClN4O/c1-25-12-14-4-2-3-5-17(14)24-19(21)22-9-8-13-11-23-18-7-6-15(20)10-16(13)18/h2-7,10-11,23H,8-9,12H2,1H3,(H3,21,22,24). The van der Waals surface area contributed by atoms with E-state index in [-0.39, 0.29) is 0 Å². The number of para-hydroxylation sites is 1. The Balaban J connectivity index is 1.64. The van der Waals surface area contributed by atoms with Crippen molar-refractivity contribution < 1.29 is 4.74 Å². The molecule has 0 atom stereocenters. The van der Waals surface area contributed by atoms with Crippen molar-refractivity contribution in [1.29, 1.82) is 0 Å². The normalized spacial score (nSPS) is 11.8. The van der Waals surface area contributed by atoms with Crippen LogP contribution in [-0.2, 0) is 17.8 Å². The number of fused-ring (bicyclic) bond motifs is 1. The fourth-order valence-electron chi connectivity index (χ4n) is 2.76. The van der Waals surface area contributed by atoms with Crippen LogP contribution in [0.15, 0.2) is 53.7 Å². The van der Waals surface area contributed by atoms with E-state index in [2.05, 4.69) is 15.3 Å². The average molecular weight is 357 g/mol. The zero-order valence-electron chi connectivity index (χ0n) is 14.1. The van der Waals surface area contributed by atoms with Gasteiger partial charge in [0.1, 0.15) is 0 Å². The van der Waals surface area contributed by atoms with E-state index in [1.807, 2.05) is 48.7 Å². The summed E-state index contributed by atoms with van der Waals surface area (Å²) in [5.74, 6) is 0.390. The van der Waals surface area contributed by atoms with Crippen LogP contribution in [0.3, 0.4) is 0 Å². The molecule has 0 bridgehead atoms. The van der Waals surface area contributed by atoms with E-state index in [0.717, 1.165) is 33.6 Å². The minimum atomic E-state index is 0.390. The molecule has 1 heterocycles. The fraction of sp³-hybridized carbons (Fsp3) is 0.211. The van der Waals surface area contributed by atoms with Gasteiger partial charge in [-0.3, -0.25) is 4.99 Å². The predicted molar refractivity (Wildman–Crippen MR) is 104 cm³/mol. The van der Waals surface area contributed by atoms with Gasteiger partial charge in [-0.05, 0) is 36.2 Å². The number of anilines is 1. The zero-order valence-corrected chi connectivity index (χ0v) is 14.8. The molecule has 0 aliphatic carbocycles. The smallest absolute Gasteiger partial charge is 0.193 e. The van der Waals surface area contributed by atoms with Crippen LogP contribution in [-0.4, -0.2) is 24.6 Å². The number of ether oxygens (including phenoxy) is 1. The number of nitrogens with one attached hydrogen (secondary N) is 2. The molecule has 0 fully saturated rings. The van der Waals surface area contributed by atoms with Gasteiger partial charge in [-0.25, -0.2) is 0 Å². The van der Waals surface area contributed by atoms with Crippen LogP contribution in [0.2, 0.25) is 5.02 Å². The van der Waals surface area contributed by atoms with Gasteiger partial charge >= 0.3 is 0 Å². The minimum absolute atomic E-state index is 0.390. The van der Waals surface area contributed by atoms with E-state index < -0.39 is 0 Å². The van der Waals surface area contributed by atoms with Gasteiger partial charge in [-0.2, -0.15) is 0 Å². The van der Waals surface area contributed by atoms with Crippen LogP contribution < -0.4 is 11.1 Å². The third-order valence-electron chi connectivity index (χ3n) is 3.97. The first-order valence-corrected chi connectivity index (χ1v) is 8.44. The van der Waals surface area contributed by atoms with Crippen molar-refractivity contribution in [2.75, 3.05) is 19.0 Å². The molecular weight excluding hydrogens is 336 g/mol. The molecule has 0 unspecified atom stereocenters. The summed E-state index contributed by atoms with van der Waals surface area (Å²) in [5.41, 5.74) is 10.2. The molecule has 0 spiro atoms. The number of benzene rings is 2. The molecule has 2 aromatic carbocycles. The molecule has 0 aliphatic rings. The van der Waals surface area contributed by atoms with Gasteiger partial charge in [-0.1, -0.05) is 29.8 Å². The molecule has 0 saturated carbocycles. The van der Waals surface area contributed by atoms with Crippen LogP contribution in [0, 0.1) is 0 Å². The largest absolute Gasteiger partial charge is 0.380 e. The predicted octanol–water partition coefficient (Wildman–Crippen LogP) is 3.94. The van der Waals surface area contributed by atoms with Crippen molar-refractivity contribution in [3.8, 4) is 0 Å². The third kappa shape index (κ3) is 4.32. The van der Waals surface area contributed by atoms with Gasteiger partial charge in [0.2, 0.25) is 0 Å². The molecule has 3 aromatic rings. The molecule has 4 N–H and O–H groups in total. The second-order valence-electron chi connectivity index (χ2n) is 5.74. The summed E-state index contributed by atoms with van der Waals surface area (Å²) in [6.45, 7) is 1.11. The topological polar surface area (TPSA) is 75.4 Å². The Kier molecular flexibility index (Phi) is 5.58. The first-order valence-electron chi connectivity index (χ1n) is 8.06. The highest BCUT2D eigenvalue weighted by atomic mass is 35.5. The summed E-state index contributed by atoms with van der Waals surface area (Å²) >= 11 is 6.08. The summed E-state index contributed by atoms with van der Waals surface area (Å²) < 4.78 is 5.20. The van der Waals surface area contributed by atoms with Crippen molar-refractivity contribution in [2.24, 2.45) is 10.7 Å². The van der Waals surface area contributed by atoms with Crippen LogP contribution in [0.1, 0.15) is 11.1 Å². The van der Waals surface area contributed by atoms with E-state index in [4.69, 9.17) is 22.1 Å². The van der Waals surface area contributed by atoms with E-state index in [1.165, 1.54) is 5.56 Å². The van der Waals surface area contributed by atoms with Gasteiger partial charge in [0.25, 0.3) is 0 Å². The summed E-state index contributed by atoms with van der Waals surface area (Å²) in [6, 6.07) is 13.7. The van der Waals surface area contributed by atoms with Crippen molar-refractivity contribution in [1.82, 2.24) is 4.98 Å². The van der Waals surface area contributed by atoms with Gasteiger partial charge in [-0.15, -0.1) is 0 Å². The molecule has 0 radical (unpaired) electrons. The molecule has 130 valence electrons. The Hall–Kier alpha value is -2.50. The summed E-state index contributed by atoms with van der Waals surface area (Å²) in [7, 11) is 1.67. The number of methoxy groups -OCH3 is 1. The number of aliphatic imine (C=N–C) groups is 1. The van der Waals surface area contributed by atoms with Crippen molar-refractivity contribution in [3.63, 3.8) is 0 Å². The van der Waals surface area contributed by atoms with E-state index in [0.29, 0.717) is 19.1 Å². The molecule has 6 heteroatoms. The number of guanidine groups is 1. The molecule has 0 amide bonds. The van der Waals surface area contributed by atoms with Crippen LogP contribution in [0.4, 0.5) is 5.69 Å². The first kappa shape index (κ1) is 17.3. The lowest BCUT2D eigenvalue weighted by Crippen LogP contribution is -2.23. The highest BCUT2D eigenvalue weighted by molar-refractivity contribution is 6.31.